The molecule has 4 heteroatoms. The fourth-order valence-corrected chi connectivity index (χ4v) is 3.47. The summed E-state index contributed by atoms with van der Waals surface area (Å²) in [6, 6.07) is 10.6. The fourth-order valence-electron chi connectivity index (χ4n) is 2.16. The largest absolute Gasteiger partial charge is 0.307 e. The van der Waals surface area contributed by atoms with Crippen LogP contribution in [-0.4, -0.2) is 6.04 Å². The molecule has 1 heterocycles. The molecule has 0 saturated carbocycles. The molecule has 19 heavy (non-hydrogen) atoms. The Labute approximate surface area is 128 Å². The van der Waals surface area contributed by atoms with Crippen molar-refractivity contribution in [2.24, 2.45) is 0 Å². The van der Waals surface area contributed by atoms with Crippen molar-refractivity contribution in [2.75, 3.05) is 0 Å². The standard InChI is InChI=1S/C15H17Cl2NS/c1-10(9-12-5-4-8-19-12)18-11(2)13-6-3-7-14(16)15(13)17/h3-8,10-11,18H,9H2,1-2H3. The van der Waals surface area contributed by atoms with Crippen LogP contribution in [0.4, 0.5) is 0 Å². The number of hydrogen-bond donors (Lipinski definition) is 1. The van der Waals surface area contributed by atoms with E-state index in [-0.39, 0.29) is 6.04 Å². The molecule has 102 valence electrons. The van der Waals surface area contributed by atoms with Crippen molar-refractivity contribution in [3.8, 4) is 0 Å². The summed E-state index contributed by atoms with van der Waals surface area (Å²) < 4.78 is 0. The van der Waals surface area contributed by atoms with E-state index in [0.717, 1.165) is 12.0 Å². The van der Waals surface area contributed by atoms with Crippen LogP contribution in [0.2, 0.25) is 10.0 Å². The lowest BCUT2D eigenvalue weighted by Gasteiger charge is -2.21. The first-order valence-corrected chi connectivity index (χ1v) is 7.94. The van der Waals surface area contributed by atoms with Crippen molar-refractivity contribution >= 4 is 34.5 Å². The first-order chi connectivity index (χ1) is 9.08. The van der Waals surface area contributed by atoms with Crippen LogP contribution in [0.25, 0.3) is 0 Å². The maximum atomic E-state index is 6.24. The summed E-state index contributed by atoms with van der Waals surface area (Å²) in [5, 5.41) is 6.93. The normalized spacial score (nSPS) is 14.3. The van der Waals surface area contributed by atoms with Crippen molar-refractivity contribution in [3.05, 3.63) is 56.2 Å². The molecule has 1 N–H and O–H groups in total. The van der Waals surface area contributed by atoms with Gasteiger partial charge < -0.3 is 5.32 Å². The molecule has 1 nitrogen and oxygen atoms in total. The minimum Gasteiger partial charge on any atom is -0.307 e. The minimum atomic E-state index is 0.182. The summed E-state index contributed by atoms with van der Waals surface area (Å²) in [4.78, 5) is 1.39. The number of hydrogen-bond acceptors (Lipinski definition) is 2. The number of halogens is 2. The molecule has 1 aromatic heterocycles. The predicted molar refractivity (Wildman–Crippen MR) is 85.5 cm³/mol. The Morgan fingerprint density at radius 3 is 2.63 bits per heavy atom. The number of thiophene rings is 1. The summed E-state index contributed by atoms with van der Waals surface area (Å²) in [6.07, 6.45) is 1.03. The lowest BCUT2D eigenvalue weighted by molar-refractivity contribution is 0.479. The number of rotatable bonds is 5. The Hall–Kier alpha value is -0.540. The summed E-state index contributed by atoms with van der Waals surface area (Å²) in [5.74, 6) is 0. The Morgan fingerprint density at radius 2 is 1.95 bits per heavy atom. The molecular weight excluding hydrogens is 297 g/mol. The molecule has 0 amide bonds. The first-order valence-electron chi connectivity index (χ1n) is 6.30. The lowest BCUT2D eigenvalue weighted by atomic mass is 10.1. The highest BCUT2D eigenvalue weighted by atomic mass is 35.5. The van der Waals surface area contributed by atoms with Gasteiger partial charge in [-0.05, 0) is 43.3 Å². The van der Waals surface area contributed by atoms with E-state index in [1.807, 2.05) is 18.2 Å². The summed E-state index contributed by atoms with van der Waals surface area (Å²) in [7, 11) is 0. The number of benzene rings is 1. The van der Waals surface area contributed by atoms with Gasteiger partial charge in [0.05, 0.1) is 10.0 Å². The molecule has 0 aliphatic heterocycles. The van der Waals surface area contributed by atoms with Gasteiger partial charge in [-0.3, -0.25) is 0 Å². The summed E-state index contributed by atoms with van der Waals surface area (Å²) >= 11 is 14.1. The van der Waals surface area contributed by atoms with Crippen LogP contribution >= 0.6 is 34.5 Å². The molecule has 2 atom stereocenters. The molecule has 0 saturated heterocycles. The predicted octanol–water partition coefficient (Wildman–Crippen LogP) is 5.34. The van der Waals surface area contributed by atoms with Crippen LogP contribution < -0.4 is 5.32 Å². The zero-order valence-corrected chi connectivity index (χ0v) is 13.3. The van der Waals surface area contributed by atoms with E-state index in [1.165, 1.54) is 4.88 Å². The molecule has 2 aromatic rings. The summed E-state index contributed by atoms with van der Waals surface area (Å²) in [5.41, 5.74) is 1.05. The highest BCUT2D eigenvalue weighted by molar-refractivity contribution is 7.09. The molecule has 0 spiro atoms. The molecule has 2 rings (SSSR count). The van der Waals surface area contributed by atoms with Crippen LogP contribution in [0.5, 0.6) is 0 Å². The Morgan fingerprint density at radius 1 is 1.16 bits per heavy atom. The third-order valence-corrected chi connectivity index (χ3v) is 4.80. The molecule has 0 fully saturated rings. The average Bonchev–Trinajstić information content (AvgIpc) is 2.85. The van der Waals surface area contributed by atoms with Crippen molar-refractivity contribution in [1.29, 1.82) is 0 Å². The van der Waals surface area contributed by atoms with E-state index in [2.05, 4.69) is 36.7 Å². The van der Waals surface area contributed by atoms with E-state index >= 15 is 0 Å². The molecule has 0 aliphatic carbocycles. The van der Waals surface area contributed by atoms with Crippen LogP contribution in [0.1, 0.15) is 30.3 Å². The van der Waals surface area contributed by atoms with E-state index < -0.39 is 0 Å². The van der Waals surface area contributed by atoms with Gasteiger partial charge in [0.2, 0.25) is 0 Å². The monoisotopic (exact) mass is 313 g/mol. The minimum absolute atomic E-state index is 0.182. The van der Waals surface area contributed by atoms with Gasteiger partial charge in [-0.2, -0.15) is 0 Å². The SMILES string of the molecule is CC(Cc1cccs1)NC(C)c1cccc(Cl)c1Cl. The van der Waals surface area contributed by atoms with E-state index in [0.29, 0.717) is 16.1 Å². The molecule has 0 bridgehead atoms. The Bertz CT molecular complexity index is 525. The van der Waals surface area contributed by atoms with Crippen molar-refractivity contribution in [3.63, 3.8) is 0 Å². The van der Waals surface area contributed by atoms with E-state index in [9.17, 15) is 0 Å². The average molecular weight is 314 g/mol. The molecular formula is C15H17Cl2NS. The van der Waals surface area contributed by atoms with Gasteiger partial charge in [0.1, 0.15) is 0 Å². The lowest BCUT2D eigenvalue weighted by Crippen LogP contribution is -2.30. The van der Waals surface area contributed by atoms with E-state index in [1.54, 1.807) is 11.3 Å². The van der Waals surface area contributed by atoms with Crippen LogP contribution in [-0.2, 0) is 6.42 Å². The summed E-state index contributed by atoms with van der Waals surface area (Å²) in [6.45, 7) is 4.30. The van der Waals surface area contributed by atoms with Crippen LogP contribution in [0, 0.1) is 0 Å². The van der Waals surface area contributed by atoms with Gasteiger partial charge in [0.25, 0.3) is 0 Å². The van der Waals surface area contributed by atoms with Crippen LogP contribution in [0.15, 0.2) is 35.7 Å². The van der Waals surface area contributed by atoms with Gasteiger partial charge in [0, 0.05) is 17.0 Å². The third kappa shape index (κ3) is 3.96. The fraction of sp³-hybridized carbons (Fsp3) is 0.333. The van der Waals surface area contributed by atoms with E-state index in [4.69, 9.17) is 23.2 Å². The van der Waals surface area contributed by atoms with Crippen molar-refractivity contribution in [2.45, 2.75) is 32.4 Å². The maximum absolute atomic E-state index is 6.24. The quantitative estimate of drug-likeness (QED) is 0.786. The van der Waals surface area contributed by atoms with Crippen molar-refractivity contribution in [1.82, 2.24) is 5.32 Å². The smallest absolute Gasteiger partial charge is 0.0639 e. The highest BCUT2D eigenvalue weighted by Gasteiger charge is 2.14. The number of nitrogens with one attached hydrogen (secondary N) is 1. The highest BCUT2D eigenvalue weighted by Crippen LogP contribution is 2.30. The van der Waals surface area contributed by atoms with Gasteiger partial charge >= 0.3 is 0 Å². The van der Waals surface area contributed by atoms with Gasteiger partial charge in [-0.1, -0.05) is 41.4 Å². The zero-order chi connectivity index (χ0) is 13.8. The Balaban J connectivity index is 2.00. The second kappa shape index (κ2) is 6.76. The molecule has 0 radical (unpaired) electrons. The van der Waals surface area contributed by atoms with Gasteiger partial charge in [-0.25, -0.2) is 0 Å². The second-order valence-electron chi connectivity index (χ2n) is 4.72. The maximum Gasteiger partial charge on any atom is 0.0639 e. The third-order valence-electron chi connectivity index (χ3n) is 3.07. The molecule has 1 aromatic carbocycles. The Kier molecular flexibility index (Phi) is 5.28. The van der Waals surface area contributed by atoms with Crippen LogP contribution in [0.3, 0.4) is 0 Å². The van der Waals surface area contributed by atoms with Gasteiger partial charge in [-0.15, -0.1) is 11.3 Å². The van der Waals surface area contributed by atoms with Gasteiger partial charge in [0.15, 0.2) is 0 Å². The first kappa shape index (κ1) is 14.9. The van der Waals surface area contributed by atoms with Crippen molar-refractivity contribution < 1.29 is 0 Å². The zero-order valence-electron chi connectivity index (χ0n) is 11.0. The topological polar surface area (TPSA) is 12.0 Å². The molecule has 0 aliphatic rings. The second-order valence-corrected chi connectivity index (χ2v) is 6.53. The molecule has 2 unspecified atom stereocenters.